The summed E-state index contributed by atoms with van der Waals surface area (Å²) in [6.45, 7) is 4.22. The molecule has 4 aromatic rings. The molecule has 0 radical (unpaired) electrons. The second-order valence-electron chi connectivity index (χ2n) is 10.0. The minimum atomic E-state index is -0.499. The molecule has 7 heteroatoms. The number of rotatable bonds is 11. The quantitative estimate of drug-likeness (QED) is 0.147. The number of ketones is 1. The van der Waals surface area contributed by atoms with Gasteiger partial charge in [0.1, 0.15) is 5.70 Å². The average Bonchev–Trinajstić information content (AvgIpc) is 3.03. The number of anilines is 1. The van der Waals surface area contributed by atoms with E-state index in [1.807, 2.05) is 42.5 Å². The maximum Gasteiger partial charge on any atom is 0.272 e. The van der Waals surface area contributed by atoms with Crippen molar-refractivity contribution in [1.29, 1.82) is 0 Å². The van der Waals surface area contributed by atoms with E-state index in [1.54, 1.807) is 81.0 Å². The standard InChI is InChI=1S/C36H34N2O5/c1-24(2)26-15-13-25(14-16-26)23-31(38-35(40)29-9-6-5-7-10-29)36(41)37-30-20-17-27(18-21-30)32(39)22-19-28-11-8-12-33(42-3)34(28)43-4/h5-24H,1-4H3,(H,37,41)(H,38,40)/b22-19+,31-23-. The van der Waals surface area contributed by atoms with E-state index in [1.165, 1.54) is 11.6 Å². The maximum atomic E-state index is 13.4. The first kappa shape index (κ1) is 30.5. The summed E-state index contributed by atoms with van der Waals surface area (Å²) in [6, 6.07) is 28.5. The fourth-order valence-electron chi connectivity index (χ4n) is 4.31. The third-order valence-corrected chi connectivity index (χ3v) is 6.72. The van der Waals surface area contributed by atoms with Crippen molar-refractivity contribution in [3.8, 4) is 11.5 Å². The van der Waals surface area contributed by atoms with Crippen LogP contribution in [0.3, 0.4) is 0 Å². The van der Waals surface area contributed by atoms with E-state index < -0.39 is 11.8 Å². The van der Waals surface area contributed by atoms with Crippen LogP contribution in [0.25, 0.3) is 12.2 Å². The van der Waals surface area contributed by atoms with Crippen molar-refractivity contribution >= 4 is 35.4 Å². The monoisotopic (exact) mass is 574 g/mol. The zero-order valence-electron chi connectivity index (χ0n) is 24.6. The molecule has 43 heavy (non-hydrogen) atoms. The van der Waals surface area contributed by atoms with Gasteiger partial charge in [0.05, 0.1) is 14.2 Å². The van der Waals surface area contributed by atoms with Crippen molar-refractivity contribution in [3.05, 3.63) is 137 Å². The summed E-state index contributed by atoms with van der Waals surface area (Å²) < 4.78 is 10.7. The van der Waals surface area contributed by atoms with Gasteiger partial charge in [0.2, 0.25) is 0 Å². The van der Waals surface area contributed by atoms with Crippen LogP contribution < -0.4 is 20.1 Å². The van der Waals surface area contributed by atoms with Crippen molar-refractivity contribution in [2.45, 2.75) is 19.8 Å². The summed E-state index contributed by atoms with van der Waals surface area (Å²) in [5.41, 5.74) is 4.06. The number of allylic oxidation sites excluding steroid dienone is 1. The fourth-order valence-corrected chi connectivity index (χ4v) is 4.31. The van der Waals surface area contributed by atoms with Gasteiger partial charge in [-0.15, -0.1) is 0 Å². The summed E-state index contributed by atoms with van der Waals surface area (Å²) >= 11 is 0. The van der Waals surface area contributed by atoms with Crippen LogP contribution in [0.5, 0.6) is 11.5 Å². The molecule has 0 aliphatic heterocycles. The molecule has 7 nitrogen and oxygen atoms in total. The van der Waals surface area contributed by atoms with Crippen molar-refractivity contribution in [1.82, 2.24) is 5.32 Å². The number of para-hydroxylation sites is 1. The van der Waals surface area contributed by atoms with Gasteiger partial charge < -0.3 is 20.1 Å². The van der Waals surface area contributed by atoms with E-state index in [4.69, 9.17) is 9.47 Å². The van der Waals surface area contributed by atoms with Crippen molar-refractivity contribution < 1.29 is 23.9 Å². The molecule has 0 aromatic heterocycles. The first-order valence-corrected chi connectivity index (χ1v) is 13.8. The van der Waals surface area contributed by atoms with Crippen LogP contribution in [0.15, 0.2) is 109 Å². The molecular weight excluding hydrogens is 540 g/mol. The number of ether oxygens (including phenoxy) is 2. The summed E-state index contributed by atoms with van der Waals surface area (Å²) in [7, 11) is 3.09. The highest BCUT2D eigenvalue weighted by Crippen LogP contribution is 2.31. The number of methoxy groups -OCH3 is 2. The average molecular weight is 575 g/mol. The van der Waals surface area contributed by atoms with Crippen LogP contribution in [0.1, 0.15) is 57.2 Å². The number of carbonyl (C=O) groups is 3. The number of benzene rings is 4. The predicted molar refractivity (Wildman–Crippen MR) is 170 cm³/mol. The molecule has 4 rings (SSSR count). The summed E-state index contributed by atoms with van der Waals surface area (Å²) in [4.78, 5) is 39.1. The predicted octanol–water partition coefficient (Wildman–Crippen LogP) is 7.13. The molecule has 0 unspecified atom stereocenters. The SMILES string of the molecule is COc1cccc(/C=C/C(=O)c2ccc(NC(=O)/C(=C/c3ccc(C(C)C)cc3)NC(=O)c3ccccc3)cc2)c1OC. The lowest BCUT2D eigenvalue weighted by Crippen LogP contribution is -2.30. The molecule has 0 bridgehead atoms. The third-order valence-electron chi connectivity index (χ3n) is 6.72. The Balaban J connectivity index is 1.51. The van der Waals surface area contributed by atoms with E-state index in [2.05, 4.69) is 24.5 Å². The molecule has 2 N–H and O–H groups in total. The summed E-state index contributed by atoms with van der Waals surface area (Å²) in [5, 5.41) is 5.57. The summed E-state index contributed by atoms with van der Waals surface area (Å²) in [5.74, 6) is 0.351. The molecule has 0 saturated carbocycles. The van der Waals surface area contributed by atoms with Gasteiger partial charge in [-0.1, -0.05) is 68.4 Å². The Kier molecular flexibility index (Phi) is 10.3. The lowest BCUT2D eigenvalue weighted by atomic mass is 10.0. The number of carbonyl (C=O) groups excluding carboxylic acids is 3. The highest BCUT2D eigenvalue weighted by molar-refractivity contribution is 6.11. The van der Waals surface area contributed by atoms with Crippen LogP contribution in [-0.2, 0) is 4.79 Å². The van der Waals surface area contributed by atoms with Gasteiger partial charge in [-0.25, -0.2) is 0 Å². The largest absolute Gasteiger partial charge is 0.493 e. The van der Waals surface area contributed by atoms with Gasteiger partial charge >= 0.3 is 0 Å². The van der Waals surface area contributed by atoms with Crippen molar-refractivity contribution in [2.75, 3.05) is 19.5 Å². The third kappa shape index (κ3) is 8.07. The van der Waals surface area contributed by atoms with E-state index in [0.29, 0.717) is 39.8 Å². The lowest BCUT2D eigenvalue weighted by molar-refractivity contribution is -0.113. The Bertz CT molecular complexity index is 1640. The smallest absolute Gasteiger partial charge is 0.272 e. The maximum absolute atomic E-state index is 13.4. The van der Waals surface area contributed by atoms with E-state index in [0.717, 1.165) is 5.56 Å². The van der Waals surface area contributed by atoms with Crippen LogP contribution >= 0.6 is 0 Å². The van der Waals surface area contributed by atoms with Crippen LogP contribution in [0.2, 0.25) is 0 Å². The molecule has 218 valence electrons. The molecule has 0 heterocycles. The molecule has 0 aliphatic rings. The number of nitrogens with one attached hydrogen (secondary N) is 2. The highest BCUT2D eigenvalue weighted by atomic mass is 16.5. The minimum Gasteiger partial charge on any atom is -0.493 e. The second-order valence-corrected chi connectivity index (χ2v) is 10.0. The van der Waals surface area contributed by atoms with Crippen molar-refractivity contribution in [3.63, 3.8) is 0 Å². The molecule has 0 spiro atoms. The van der Waals surface area contributed by atoms with Crippen LogP contribution in [0, 0.1) is 0 Å². The zero-order chi connectivity index (χ0) is 30.8. The molecule has 4 aromatic carbocycles. The number of amides is 2. The zero-order valence-corrected chi connectivity index (χ0v) is 24.6. The van der Waals surface area contributed by atoms with Gasteiger partial charge in [-0.05, 0) is 77.7 Å². The van der Waals surface area contributed by atoms with E-state index in [-0.39, 0.29) is 11.5 Å². The van der Waals surface area contributed by atoms with E-state index in [9.17, 15) is 14.4 Å². The van der Waals surface area contributed by atoms with Gasteiger partial charge in [0.15, 0.2) is 17.3 Å². The molecule has 0 fully saturated rings. The second kappa shape index (κ2) is 14.5. The van der Waals surface area contributed by atoms with E-state index >= 15 is 0 Å². The van der Waals surface area contributed by atoms with Crippen molar-refractivity contribution in [2.24, 2.45) is 0 Å². The van der Waals surface area contributed by atoms with Crippen LogP contribution in [-0.4, -0.2) is 31.8 Å². The molecular formula is C36H34N2O5. The minimum absolute atomic E-state index is 0.0847. The van der Waals surface area contributed by atoms with Gasteiger partial charge in [0.25, 0.3) is 11.8 Å². The number of hydrogen-bond acceptors (Lipinski definition) is 5. The Labute approximate surface area is 251 Å². The lowest BCUT2D eigenvalue weighted by Gasteiger charge is -2.12. The number of hydrogen-bond donors (Lipinski definition) is 2. The Morgan fingerprint density at radius 3 is 2.07 bits per heavy atom. The Morgan fingerprint density at radius 2 is 1.44 bits per heavy atom. The molecule has 0 saturated heterocycles. The van der Waals surface area contributed by atoms with Gasteiger partial charge in [0, 0.05) is 22.4 Å². The molecule has 0 aliphatic carbocycles. The normalized spacial score (nSPS) is 11.3. The Hall–Kier alpha value is -5.43. The van der Waals surface area contributed by atoms with Crippen LogP contribution in [0.4, 0.5) is 5.69 Å². The Morgan fingerprint density at radius 1 is 0.744 bits per heavy atom. The first-order valence-electron chi connectivity index (χ1n) is 13.8. The first-order chi connectivity index (χ1) is 20.8. The van der Waals surface area contributed by atoms with Gasteiger partial charge in [-0.3, -0.25) is 14.4 Å². The highest BCUT2D eigenvalue weighted by Gasteiger charge is 2.16. The fraction of sp³-hybridized carbons (Fsp3) is 0.139. The summed E-state index contributed by atoms with van der Waals surface area (Å²) in [6.07, 6.45) is 4.75. The molecule has 0 atom stereocenters. The topological polar surface area (TPSA) is 93.7 Å². The molecule has 2 amide bonds. The van der Waals surface area contributed by atoms with Gasteiger partial charge in [-0.2, -0.15) is 0 Å².